The summed E-state index contributed by atoms with van der Waals surface area (Å²) in [6.07, 6.45) is 2.31. The number of phenols is 1. The molecule has 5 rings (SSSR count). The molecule has 1 aliphatic carbocycles. The van der Waals surface area contributed by atoms with Crippen molar-refractivity contribution in [1.82, 2.24) is 14.8 Å². The maximum atomic E-state index is 13.6. The van der Waals surface area contributed by atoms with E-state index in [4.69, 9.17) is 18.9 Å². The number of hydrogen-bond donors (Lipinski definition) is 2. The van der Waals surface area contributed by atoms with Gasteiger partial charge >= 0.3 is 0 Å². The smallest absolute Gasteiger partial charge is 0.226 e. The first-order valence-corrected chi connectivity index (χ1v) is 11.1. The Kier molecular flexibility index (Phi) is 5.72. The maximum absolute atomic E-state index is 13.6. The van der Waals surface area contributed by atoms with Crippen LogP contribution in [0, 0.1) is 0 Å². The molecular weight excluding hydrogens is 452 g/mol. The molecule has 0 bridgehead atoms. The van der Waals surface area contributed by atoms with E-state index in [1.807, 2.05) is 18.2 Å². The SMILES string of the molecule is COc1ccc([C@H]2C3=C(C[C@H](c4cc(OC)c(OC)c(OC)c4)CC3=O)Nc3ncnn32)cc1O. The van der Waals surface area contributed by atoms with Crippen molar-refractivity contribution in [3.63, 3.8) is 0 Å². The number of allylic oxidation sites excluding steroid dienone is 2. The summed E-state index contributed by atoms with van der Waals surface area (Å²) in [6.45, 7) is 0. The number of carbonyl (C=O) groups excluding carboxylic acids is 1. The minimum Gasteiger partial charge on any atom is -0.504 e. The predicted octanol–water partition coefficient (Wildman–Crippen LogP) is 3.43. The largest absolute Gasteiger partial charge is 0.504 e. The molecule has 182 valence electrons. The van der Waals surface area contributed by atoms with Crippen LogP contribution >= 0.6 is 0 Å². The van der Waals surface area contributed by atoms with Gasteiger partial charge < -0.3 is 29.4 Å². The molecule has 0 radical (unpaired) electrons. The number of benzene rings is 2. The summed E-state index contributed by atoms with van der Waals surface area (Å²) in [5.41, 5.74) is 3.01. The lowest BCUT2D eigenvalue weighted by Crippen LogP contribution is -2.33. The minimum atomic E-state index is -0.519. The van der Waals surface area contributed by atoms with E-state index in [2.05, 4.69) is 15.4 Å². The van der Waals surface area contributed by atoms with Crippen molar-refractivity contribution in [2.45, 2.75) is 24.8 Å². The highest BCUT2D eigenvalue weighted by Crippen LogP contribution is 2.47. The Labute approximate surface area is 202 Å². The standard InChI is InChI=1S/C25H26N4O6/c1-32-19-6-5-13(8-17(19)30)23-22-16(28-25-26-12-27-29(23)25)7-14(9-18(22)31)15-10-20(33-2)24(35-4)21(11-15)34-3/h5-6,8,10-12,14,23,30H,7,9H2,1-4H3,(H,26,27,28)/t14-,23-/m0/s1. The third kappa shape index (κ3) is 3.71. The topological polar surface area (TPSA) is 117 Å². The predicted molar refractivity (Wildman–Crippen MR) is 127 cm³/mol. The number of fused-ring (bicyclic) bond motifs is 1. The first-order valence-electron chi connectivity index (χ1n) is 11.1. The summed E-state index contributed by atoms with van der Waals surface area (Å²) in [6, 6.07) is 8.35. The lowest BCUT2D eigenvalue weighted by atomic mass is 9.77. The molecule has 3 aromatic rings. The Morgan fingerprint density at radius 2 is 1.66 bits per heavy atom. The number of carbonyl (C=O) groups is 1. The van der Waals surface area contributed by atoms with Gasteiger partial charge in [0.1, 0.15) is 12.4 Å². The molecule has 2 N–H and O–H groups in total. The molecule has 0 unspecified atom stereocenters. The average molecular weight is 479 g/mol. The third-order valence-corrected chi connectivity index (χ3v) is 6.54. The van der Waals surface area contributed by atoms with E-state index < -0.39 is 6.04 Å². The molecule has 1 aromatic heterocycles. The quantitative estimate of drug-likeness (QED) is 0.549. The molecule has 2 aliphatic rings. The number of Topliss-reactive ketones (excluding diaryl/α,β-unsaturated/α-hetero) is 1. The van der Waals surface area contributed by atoms with Gasteiger partial charge in [-0.2, -0.15) is 10.1 Å². The number of nitrogens with one attached hydrogen (secondary N) is 1. The van der Waals surface area contributed by atoms with Gasteiger partial charge in [0.05, 0.1) is 28.4 Å². The molecule has 0 spiro atoms. The van der Waals surface area contributed by atoms with Crippen molar-refractivity contribution in [2.24, 2.45) is 0 Å². The third-order valence-electron chi connectivity index (χ3n) is 6.54. The van der Waals surface area contributed by atoms with Gasteiger partial charge in [-0.25, -0.2) is 4.68 Å². The fourth-order valence-electron chi connectivity index (χ4n) is 4.91. The summed E-state index contributed by atoms with van der Waals surface area (Å²) >= 11 is 0. The van der Waals surface area contributed by atoms with Crippen LogP contribution in [0.5, 0.6) is 28.7 Å². The lowest BCUT2D eigenvalue weighted by Gasteiger charge is -2.35. The van der Waals surface area contributed by atoms with E-state index in [-0.39, 0.29) is 17.5 Å². The van der Waals surface area contributed by atoms with Gasteiger partial charge in [-0.1, -0.05) is 6.07 Å². The number of anilines is 1. The molecule has 0 saturated heterocycles. The highest BCUT2D eigenvalue weighted by molar-refractivity contribution is 6.00. The highest BCUT2D eigenvalue weighted by Gasteiger charge is 2.40. The van der Waals surface area contributed by atoms with Gasteiger partial charge in [0.25, 0.3) is 0 Å². The number of ketones is 1. The van der Waals surface area contributed by atoms with Crippen molar-refractivity contribution < 1.29 is 28.8 Å². The van der Waals surface area contributed by atoms with E-state index in [9.17, 15) is 9.90 Å². The Morgan fingerprint density at radius 3 is 2.29 bits per heavy atom. The number of hydrogen-bond acceptors (Lipinski definition) is 9. The van der Waals surface area contributed by atoms with E-state index in [1.165, 1.54) is 13.4 Å². The molecule has 0 amide bonds. The van der Waals surface area contributed by atoms with Gasteiger partial charge in [0.15, 0.2) is 28.8 Å². The van der Waals surface area contributed by atoms with Crippen molar-refractivity contribution in [3.05, 3.63) is 59.1 Å². The van der Waals surface area contributed by atoms with Gasteiger partial charge in [-0.15, -0.1) is 0 Å². The second-order valence-corrected chi connectivity index (χ2v) is 8.37. The van der Waals surface area contributed by atoms with Crippen LogP contribution < -0.4 is 24.3 Å². The van der Waals surface area contributed by atoms with Gasteiger partial charge in [-0.05, 0) is 47.7 Å². The summed E-state index contributed by atoms with van der Waals surface area (Å²) < 4.78 is 23.3. The zero-order valence-electron chi connectivity index (χ0n) is 19.9. The number of nitrogens with zero attached hydrogens (tertiary/aromatic N) is 3. The summed E-state index contributed by atoms with van der Waals surface area (Å²) in [7, 11) is 6.18. The Morgan fingerprint density at radius 1 is 0.943 bits per heavy atom. The van der Waals surface area contributed by atoms with E-state index >= 15 is 0 Å². The van der Waals surface area contributed by atoms with Crippen LogP contribution in [0.2, 0.25) is 0 Å². The average Bonchev–Trinajstić information content (AvgIpc) is 3.34. The molecule has 1 aliphatic heterocycles. The number of phenolic OH excluding ortho intramolecular Hbond substituents is 1. The van der Waals surface area contributed by atoms with Crippen LogP contribution in [-0.2, 0) is 4.79 Å². The van der Waals surface area contributed by atoms with E-state index in [0.29, 0.717) is 52.9 Å². The summed E-state index contributed by atoms with van der Waals surface area (Å²) in [4.78, 5) is 18.0. The van der Waals surface area contributed by atoms with Crippen LogP contribution in [0.1, 0.15) is 35.9 Å². The molecule has 10 heteroatoms. The van der Waals surface area contributed by atoms with Crippen molar-refractivity contribution >= 4 is 11.7 Å². The van der Waals surface area contributed by atoms with E-state index in [0.717, 1.165) is 11.3 Å². The second kappa shape index (κ2) is 8.86. The highest BCUT2D eigenvalue weighted by atomic mass is 16.5. The number of ether oxygens (including phenoxy) is 4. The first kappa shape index (κ1) is 22.6. The van der Waals surface area contributed by atoms with Gasteiger partial charge in [0, 0.05) is 17.7 Å². The molecule has 0 fully saturated rings. The number of aromatic nitrogens is 3. The van der Waals surface area contributed by atoms with Crippen LogP contribution in [0.4, 0.5) is 5.95 Å². The number of rotatable bonds is 6. The van der Waals surface area contributed by atoms with Gasteiger partial charge in [-0.3, -0.25) is 4.79 Å². The van der Waals surface area contributed by atoms with E-state index in [1.54, 1.807) is 38.1 Å². The first-order chi connectivity index (χ1) is 17.0. The fourth-order valence-corrected chi connectivity index (χ4v) is 4.91. The molecule has 35 heavy (non-hydrogen) atoms. The minimum absolute atomic E-state index is 0.00842. The molecule has 0 saturated carbocycles. The molecule has 2 aromatic carbocycles. The molecular formula is C25H26N4O6. The van der Waals surface area contributed by atoms with Crippen LogP contribution in [0.15, 0.2) is 47.9 Å². The lowest BCUT2D eigenvalue weighted by molar-refractivity contribution is -0.116. The number of methoxy groups -OCH3 is 4. The molecule has 2 atom stereocenters. The Hall–Kier alpha value is -4.21. The van der Waals surface area contributed by atoms with Crippen LogP contribution in [0.3, 0.4) is 0 Å². The maximum Gasteiger partial charge on any atom is 0.226 e. The van der Waals surface area contributed by atoms with Crippen molar-refractivity contribution in [3.8, 4) is 28.7 Å². The van der Waals surface area contributed by atoms with Crippen LogP contribution in [-0.4, -0.2) is 54.1 Å². The zero-order chi connectivity index (χ0) is 24.7. The fraction of sp³-hybridized carbons (Fsp3) is 0.320. The Bertz CT molecular complexity index is 1310. The van der Waals surface area contributed by atoms with Gasteiger partial charge in [0.2, 0.25) is 11.7 Å². The normalized spacial score (nSPS) is 18.9. The summed E-state index contributed by atoms with van der Waals surface area (Å²) in [5.74, 6) is 2.33. The number of aromatic hydroxyl groups is 1. The molecule has 2 heterocycles. The van der Waals surface area contributed by atoms with Crippen LogP contribution in [0.25, 0.3) is 0 Å². The van der Waals surface area contributed by atoms with Crippen molar-refractivity contribution in [1.29, 1.82) is 0 Å². The Balaban J connectivity index is 1.57. The summed E-state index contributed by atoms with van der Waals surface area (Å²) in [5, 5.41) is 18.0. The second-order valence-electron chi connectivity index (χ2n) is 8.37. The molecule has 10 nitrogen and oxygen atoms in total. The zero-order valence-corrected chi connectivity index (χ0v) is 19.9. The monoisotopic (exact) mass is 478 g/mol. The van der Waals surface area contributed by atoms with Crippen molar-refractivity contribution in [2.75, 3.05) is 33.8 Å².